The van der Waals surface area contributed by atoms with Crippen molar-refractivity contribution < 1.29 is 33.7 Å². The molecule has 0 aliphatic carbocycles. The number of furan rings is 1. The van der Waals surface area contributed by atoms with Gasteiger partial charge in [-0.2, -0.15) is 0 Å². The molecule has 9 nitrogen and oxygen atoms in total. The van der Waals surface area contributed by atoms with Crippen molar-refractivity contribution in [2.24, 2.45) is 0 Å². The number of phenolic OH excluding ortho intramolecular Hbond substituents is 1. The van der Waals surface area contributed by atoms with Gasteiger partial charge in [-0.15, -0.1) is 0 Å². The monoisotopic (exact) mass is 456 g/mol. The summed E-state index contributed by atoms with van der Waals surface area (Å²) >= 11 is 0. The van der Waals surface area contributed by atoms with E-state index in [1.165, 1.54) is 23.3 Å². The van der Waals surface area contributed by atoms with Gasteiger partial charge >= 0.3 is 0 Å². The van der Waals surface area contributed by atoms with Gasteiger partial charge in [0.2, 0.25) is 5.78 Å². The molecular formula is C24H28N2O7. The van der Waals surface area contributed by atoms with Crippen molar-refractivity contribution in [1.82, 2.24) is 9.80 Å². The van der Waals surface area contributed by atoms with Crippen LogP contribution in [0.4, 0.5) is 0 Å². The summed E-state index contributed by atoms with van der Waals surface area (Å²) in [5.74, 6) is -1.52. The molecule has 4 rings (SSSR count). The Morgan fingerprint density at radius 3 is 2.67 bits per heavy atom. The minimum atomic E-state index is -0.834. The number of benzene rings is 1. The van der Waals surface area contributed by atoms with Crippen LogP contribution in [-0.2, 0) is 9.53 Å². The van der Waals surface area contributed by atoms with Crippen LogP contribution < -0.4 is 4.74 Å². The number of ether oxygens (including phenoxy) is 2. The molecule has 2 N–H and O–H groups in total. The number of aliphatic hydroxyl groups excluding tert-OH is 1. The number of morpholine rings is 1. The third-order valence-electron chi connectivity index (χ3n) is 5.87. The van der Waals surface area contributed by atoms with Crippen LogP contribution >= 0.6 is 0 Å². The third-order valence-corrected chi connectivity index (χ3v) is 5.87. The van der Waals surface area contributed by atoms with Crippen LogP contribution in [0.1, 0.15) is 35.5 Å². The van der Waals surface area contributed by atoms with Crippen molar-refractivity contribution in [3.05, 3.63) is 59.3 Å². The molecule has 176 valence electrons. The highest BCUT2D eigenvalue weighted by Crippen LogP contribution is 2.41. The molecule has 3 heterocycles. The summed E-state index contributed by atoms with van der Waals surface area (Å²) < 4.78 is 16.1. The van der Waals surface area contributed by atoms with E-state index in [1.54, 1.807) is 25.1 Å². The molecule has 2 aliphatic rings. The largest absolute Gasteiger partial charge is 0.504 e. The Hall–Kier alpha value is -3.30. The van der Waals surface area contributed by atoms with E-state index < -0.39 is 23.5 Å². The zero-order valence-electron chi connectivity index (χ0n) is 18.5. The summed E-state index contributed by atoms with van der Waals surface area (Å²) in [4.78, 5) is 30.0. The van der Waals surface area contributed by atoms with Crippen LogP contribution in [0.25, 0.3) is 0 Å². The van der Waals surface area contributed by atoms with Gasteiger partial charge in [-0.25, -0.2) is 0 Å². The first kappa shape index (κ1) is 22.9. The maximum absolute atomic E-state index is 13.2. The number of hydrogen-bond acceptors (Lipinski definition) is 8. The quantitative estimate of drug-likeness (QED) is 0.554. The highest BCUT2D eigenvalue weighted by Gasteiger charge is 2.44. The lowest BCUT2D eigenvalue weighted by atomic mass is 9.94. The normalized spacial score (nSPS) is 19.4. The number of Topliss-reactive ketones (excluding diaryl/α,β-unsaturated/α-hetero) is 1. The number of nitrogens with zero attached hydrogens (tertiary/aromatic N) is 2. The molecule has 33 heavy (non-hydrogen) atoms. The summed E-state index contributed by atoms with van der Waals surface area (Å²) in [6, 6.07) is 6.91. The van der Waals surface area contributed by atoms with Crippen molar-refractivity contribution in [2.45, 2.75) is 19.4 Å². The molecule has 1 saturated heterocycles. The number of rotatable bonds is 9. The van der Waals surface area contributed by atoms with Crippen LogP contribution in [0.15, 0.2) is 52.3 Å². The van der Waals surface area contributed by atoms with Gasteiger partial charge in [0.25, 0.3) is 5.91 Å². The predicted octanol–water partition coefficient (Wildman–Crippen LogP) is 2.68. The van der Waals surface area contributed by atoms with E-state index in [-0.39, 0.29) is 22.8 Å². The smallest absolute Gasteiger partial charge is 0.290 e. The van der Waals surface area contributed by atoms with Crippen molar-refractivity contribution >= 4 is 11.7 Å². The van der Waals surface area contributed by atoms with Crippen molar-refractivity contribution in [2.75, 3.05) is 46.0 Å². The Bertz CT molecular complexity index is 1030. The van der Waals surface area contributed by atoms with E-state index in [0.29, 0.717) is 38.3 Å². The average Bonchev–Trinajstić information content (AvgIpc) is 3.44. The van der Waals surface area contributed by atoms with Crippen LogP contribution in [0, 0.1) is 0 Å². The topological polar surface area (TPSA) is 113 Å². The molecule has 0 saturated carbocycles. The SMILES string of the molecule is CCOc1cc(C2C(C(=O)c3ccco3)=C(O)C(=O)N2CCCN2CCOCC2)ccc1O. The minimum absolute atomic E-state index is 0.0355. The second-order valence-electron chi connectivity index (χ2n) is 7.94. The number of ketones is 1. The second kappa shape index (κ2) is 10.1. The molecule has 2 aliphatic heterocycles. The summed E-state index contributed by atoms with van der Waals surface area (Å²) in [6.45, 7) is 6.26. The van der Waals surface area contributed by atoms with E-state index in [0.717, 1.165) is 19.6 Å². The van der Waals surface area contributed by atoms with Gasteiger partial charge in [-0.05, 0) is 43.2 Å². The number of carbonyl (C=O) groups excluding carboxylic acids is 2. The summed E-state index contributed by atoms with van der Waals surface area (Å²) in [7, 11) is 0. The Balaban J connectivity index is 1.64. The number of amides is 1. The lowest BCUT2D eigenvalue weighted by Crippen LogP contribution is -2.39. The summed E-state index contributed by atoms with van der Waals surface area (Å²) in [5, 5.41) is 20.8. The molecule has 1 unspecified atom stereocenters. The van der Waals surface area contributed by atoms with E-state index in [9.17, 15) is 19.8 Å². The number of hydrogen-bond donors (Lipinski definition) is 2. The summed E-state index contributed by atoms with van der Waals surface area (Å²) in [5.41, 5.74) is 0.504. The van der Waals surface area contributed by atoms with Gasteiger partial charge in [0.1, 0.15) is 0 Å². The first-order chi connectivity index (χ1) is 16.0. The first-order valence-corrected chi connectivity index (χ1v) is 11.1. The molecule has 1 aromatic carbocycles. The number of phenols is 1. The number of aromatic hydroxyl groups is 1. The zero-order valence-corrected chi connectivity index (χ0v) is 18.5. The van der Waals surface area contributed by atoms with Crippen LogP contribution in [0.3, 0.4) is 0 Å². The van der Waals surface area contributed by atoms with Gasteiger partial charge in [0, 0.05) is 26.2 Å². The molecule has 1 aromatic heterocycles. The van der Waals surface area contributed by atoms with E-state index in [2.05, 4.69) is 4.90 Å². The van der Waals surface area contributed by atoms with Crippen molar-refractivity contribution in [1.29, 1.82) is 0 Å². The van der Waals surface area contributed by atoms with Gasteiger partial charge < -0.3 is 29.0 Å². The molecule has 9 heteroatoms. The lowest BCUT2D eigenvalue weighted by molar-refractivity contribution is -0.129. The molecule has 0 radical (unpaired) electrons. The van der Waals surface area contributed by atoms with E-state index in [4.69, 9.17) is 13.9 Å². The second-order valence-corrected chi connectivity index (χ2v) is 7.94. The average molecular weight is 456 g/mol. The van der Waals surface area contributed by atoms with Gasteiger partial charge in [-0.3, -0.25) is 14.5 Å². The highest BCUT2D eigenvalue weighted by atomic mass is 16.5. The van der Waals surface area contributed by atoms with Crippen molar-refractivity contribution in [3.8, 4) is 11.5 Å². The number of aliphatic hydroxyl groups is 1. The molecule has 1 atom stereocenters. The summed E-state index contributed by atoms with van der Waals surface area (Å²) in [6.07, 6.45) is 2.03. The predicted molar refractivity (Wildman–Crippen MR) is 118 cm³/mol. The van der Waals surface area contributed by atoms with Gasteiger partial charge in [-0.1, -0.05) is 6.07 Å². The van der Waals surface area contributed by atoms with Crippen LogP contribution in [0.5, 0.6) is 11.5 Å². The lowest BCUT2D eigenvalue weighted by Gasteiger charge is -2.30. The molecular weight excluding hydrogens is 428 g/mol. The third kappa shape index (κ3) is 4.74. The minimum Gasteiger partial charge on any atom is -0.504 e. The van der Waals surface area contributed by atoms with Crippen molar-refractivity contribution in [3.63, 3.8) is 0 Å². The van der Waals surface area contributed by atoms with Gasteiger partial charge in [0.05, 0.1) is 37.7 Å². The zero-order chi connectivity index (χ0) is 23.4. The molecule has 0 bridgehead atoms. The molecule has 1 fully saturated rings. The Morgan fingerprint density at radius 1 is 1.18 bits per heavy atom. The number of carbonyl (C=O) groups is 2. The Labute approximate surface area is 191 Å². The highest BCUT2D eigenvalue weighted by molar-refractivity contribution is 6.15. The maximum atomic E-state index is 13.2. The molecule has 0 spiro atoms. The fourth-order valence-electron chi connectivity index (χ4n) is 4.26. The fraction of sp³-hybridized carbons (Fsp3) is 0.417. The molecule has 2 aromatic rings. The molecule has 1 amide bonds. The standard InChI is InChI=1S/C24H28N2O7/c1-2-32-19-15-16(6-7-17(19)27)21-20(22(28)18-5-3-12-33-18)23(29)24(30)26(21)9-4-8-25-10-13-31-14-11-25/h3,5-7,12,15,21,27,29H,2,4,8-11,13-14H2,1H3. The van der Waals surface area contributed by atoms with E-state index in [1.807, 2.05) is 0 Å². The van der Waals surface area contributed by atoms with Gasteiger partial charge in [0.15, 0.2) is 23.0 Å². The van der Waals surface area contributed by atoms with Crippen LogP contribution in [0.2, 0.25) is 0 Å². The van der Waals surface area contributed by atoms with Crippen LogP contribution in [-0.4, -0.2) is 77.7 Å². The first-order valence-electron chi connectivity index (χ1n) is 11.1. The van der Waals surface area contributed by atoms with E-state index >= 15 is 0 Å². The fourth-order valence-corrected chi connectivity index (χ4v) is 4.26. The Kier molecular flexibility index (Phi) is 7.00. The maximum Gasteiger partial charge on any atom is 0.290 e. The Morgan fingerprint density at radius 2 is 1.97 bits per heavy atom.